The molecule has 0 spiro atoms. The Kier molecular flexibility index (Phi) is 3.11. The van der Waals surface area contributed by atoms with Crippen LogP contribution in [0.1, 0.15) is 11.3 Å². The van der Waals surface area contributed by atoms with Gasteiger partial charge in [0.2, 0.25) is 0 Å². The third-order valence-corrected chi connectivity index (χ3v) is 2.97. The minimum absolute atomic E-state index is 0.0416. The molecule has 1 aromatic rings. The summed E-state index contributed by atoms with van der Waals surface area (Å²) >= 11 is 3.20. The lowest BCUT2D eigenvalue weighted by atomic mass is 10.1. The maximum absolute atomic E-state index is 12.3. The van der Waals surface area contributed by atoms with Crippen molar-refractivity contribution in [3.05, 3.63) is 28.0 Å². The number of rotatable bonds is 0. The first-order valence-electron chi connectivity index (χ1n) is 4.87. The van der Waals surface area contributed by atoms with Gasteiger partial charge in [-0.05, 0) is 27.6 Å². The van der Waals surface area contributed by atoms with E-state index in [0.717, 1.165) is 10.6 Å². The molecule has 0 radical (unpaired) electrons. The van der Waals surface area contributed by atoms with Gasteiger partial charge >= 0.3 is 12.1 Å². The summed E-state index contributed by atoms with van der Waals surface area (Å²) in [6, 6.07) is 1.69. The maximum atomic E-state index is 12.3. The predicted molar refractivity (Wildman–Crippen MR) is 57.1 cm³/mol. The topological polar surface area (TPSA) is 33.2 Å². The molecule has 7 heteroatoms. The fraction of sp³-hybridized carbons (Fsp3) is 0.400. The van der Waals surface area contributed by atoms with Crippen molar-refractivity contribution in [2.24, 2.45) is 0 Å². The smallest absolute Gasteiger partial charge is 0.330 e. The summed E-state index contributed by atoms with van der Waals surface area (Å²) < 4.78 is 37.5. The largest absolute Gasteiger partial charge is 0.471 e. The predicted octanol–water partition coefficient (Wildman–Crippen LogP) is 2.29. The molecule has 1 aromatic heterocycles. The van der Waals surface area contributed by atoms with Crippen LogP contribution in [0, 0.1) is 0 Å². The number of hydrogen-bond donors (Lipinski definition) is 0. The van der Waals surface area contributed by atoms with Crippen LogP contribution >= 0.6 is 15.9 Å². The molecule has 0 unspecified atom stereocenters. The van der Waals surface area contributed by atoms with Gasteiger partial charge in [0.05, 0.1) is 0 Å². The van der Waals surface area contributed by atoms with Crippen molar-refractivity contribution in [2.75, 3.05) is 6.54 Å². The third kappa shape index (κ3) is 2.59. The quantitative estimate of drug-likeness (QED) is 0.737. The van der Waals surface area contributed by atoms with Crippen molar-refractivity contribution in [3.8, 4) is 0 Å². The Hall–Kier alpha value is -1.11. The van der Waals surface area contributed by atoms with Crippen LogP contribution in [0.2, 0.25) is 0 Å². The second kappa shape index (κ2) is 4.29. The summed E-state index contributed by atoms with van der Waals surface area (Å²) in [5, 5.41) is 0. The lowest BCUT2D eigenvalue weighted by Gasteiger charge is -2.28. The van der Waals surface area contributed by atoms with Gasteiger partial charge in [0.25, 0.3) is 0 Å². The van der Waals surface area contributed by atoms with Crippen molar-refractivity contribution in [1.29, 1.82) is 0 Å². The monoisotopic (exact) mass is 308 g/mol. The molecule has 92 valence electrons. The van der Waals surface area contributed by atoms with Crippen molar-refractivity contribution < 1.29 is 18.0 Å². The Labute approximate surface area is 104 Å². The van der Waals surface area contributed by atoms with Gasteiger partial charge in [-0.25, -0.2) is 0 Å². The number of halogens is 4. The van der Waals surface area contributed by atoms with Crippen LogP contribution in [0.25, 0.3) is 0 Å². The number of fused-ring (bicyclic) bond motifs is 1. The molecule has 2 rings (SSSR count). The van der Waals surface area contributed by atoms with Crippen LogP contribution in [-0.2, 0) is 17.8 Å². The zero-order valence-corrected chi connectivity index (χ0v) is 10.2. The Balaban J connectivity index is 2.21. The molecule has 0 N–H and O–H groups in total. The molecule has 0 aromatic carbocycles. The molecule has 0 atom stereocenters. The molecular weight excluding hydrogens is 301 g/mol. The number of alkyl halides is 3. The van der Waals surface area contributed by atoms with E-state index in [1.165, 1.54) is 0 Å². The molecular formula is C10H8BrF3N2O. The normalized spacial score (nSPS) is 15.6. The second-order valence-corrected chi connectivity index (χ2v) is 4.65. The van der Waals surface area contributed by atoms with Crippen LogP contribution in [0.5, 0.6) is 0 Å². The summed E-state index contributed by atoms with van der Waals surface area (Å²) in [6.07, 6.45) is -2.86. The molecule has 1 amide bonds. The SMILES string of the molecule is O=C(N1CCc2ncc(Br)cc2C1)C(F)(F)F. The molecule has 17 heavy (non-hydrogen) atoms. The van der Waals surface area contributed by atoms with E-state index in [2.05, 4.69) is 20.9 Å². The Morgan fingerprint density at radius 2 is 2.18 bits per heavy atom. The molecule has 1 aliphatic heterocycles. The van der Waals surface area contributed by atoms with Gasteiger partial charge < -0.3 is 4.90 Å². The van der Waals surface area contributed by atoms with Gasteiger partial charge in [-0.1, -0.05) is 0 Å². The average molecular weight is 309 g/mol. The van der Waals surface area contributed by atoms with Crippen molar-refractivity contribution in [3.63, 3.8) is 0 Å². The fourth-order valence-electron chi connectivity index (χ4n) is 1.75. The van der Waals surface area contributed by atoms with Gasteiger partial charge in [-0.2, -0.15) is 13.2 Å². The summed E-state index contributed by atoms with van der Waals surface area (Å²) in [7, 11) is 0. The van der Waals surface area contributed by atoms with Gasteiger partial charge in [-0.3, -0.25) is 9.78 Å². The summed E-state index contributed by atoms with van der Waals surface area (Å²) in [6.45, 7) is 0.0140. The number of aromatic nitrogens is 1. The summed E-state index contributed by atoms with van der Waals surface area (Å²) in [5.74, 6) is -1.79. The highest BCUT2D eigenvalue weighted by atomic mass is 79.9. The van der Waals surface area contributed by atoms with E-state index in [1.807, 2.05) is 0 Å². The fourth-order valence-corrected chi connectivity index (χ4v) is 2.13. The van der Waals surface area contributed by atoms with Crippen LogP contribution in [0.15, 0.2) is 16.7 Å². The molecule has 0 saturated heterocycles. The van der Waals surface area contributed by atoms with E-state index < -0.39 is 12.1 Å². The summed E-state index contributed by atoms with van der Waals surface area (Å²) in [4.78, 5) is 16.0. The number of hydrogen-bond acceptors (Lipinski definition) is 2. The van der Waals surface area contributed by atoms with Gasteiger partial charge in [0.15, 0.2) is 0 Å². The van der Waals surface area contributed by atoms with Crippen molar-refractivity contribution >= 4 is 21.8 Å². The van der Waals surface area contributed by atoms with Gasteiger partial charge in [-0.15, -0.1) is 0 Å². The Morgan fingerprint density at radius 3 is 2.82 bits per heavy atom. The molecule has 1 aliphatic rings. The highest BCUT2D eigenvalue weighted by Gasteiger charge is 2.43. The Bertz CT molecular complexity index is 461. The number of carbonyl (C=O) groups is 1. The summed E-state index contributed by atoms with van der Waals surface area (Å²) in [5.41, 5.74) is 1.41. The molecule has 0 fully saturated rings. The lowest BCUT2D eigenvalue weighted by Crippen LogP contribution is -2.43. The van der Waals surface area contributed by atoms with E-state index in [1.54, 1.807) is 12.3 Å². The highest BCUT2D eigenvalue weighted by molar-refractivity contribution is 9.10. The number of pyridine rings is 1. The van der Waals surface area contributed by atoms with E-state index in [-0.39, 0.29) is 13.1 Å². The molecule has 0 saturated carbocycles. The number of amides is 1. The highest BCUT2D eigenvalue weighted by Crippen LogP contribution is 2.25. The molecule has 2 heterocycles. The van der Waals surface area contributed by atoms with E-state index in [9.17, 15) is 18.0 Å². The van der Waals surface area contributed by atoms with Crippen LogP contribution < -0.4 is 0 Å². The average Bonchev–Trinajstić information content (AvgIpc) is 2.25. The van der Waals surface area contributed by atoms with E-state index in [4.69, 9.17) is 0 Å². The standard InChI is InChI=1S/C10H8BrF3N2O/c11-7-3-6-5-16(9(17)10(12,13)14)2-1-8(6)15-4-7/h3-4H,1-2,5H2. The lowest BCUT2D eigenvalue weighted by molar-refractivity contribution is -0.186. The first kappa shape index (κ1) is 12.3. The first-order chi connectivity index (χ1) is 7.88. The molecule has 0 aliphatic carbocycles. The third-order valence-electron chi connectivity index (χ3n) is 2.54. The van der Waals surface area contributed by atoms with E-state index in [0.29, 0.717) is 16.5 Å². The van der Waals surface area contributed by atoms with Crippen LogP contribution in [-0.4, -0.2) is 28.5 Å². The number of carbonyl (C=O) groups excluding carboxylic acids is 1. The Morgan fingerprint density at radius 1 is 1.47 bits per heavy atom. The maximum Gasteiger partial charge on any atom is 0.471 e. The van der Waals surface area contributed by atoms with E-state index >= 15 is 0 Å². The van der Waals surface area contributed by atoms with Crippen molar-refractivity contribution in [1.82, 2.24) is 9.88 Å². The molecule has 3 nitrogen and oxygen atoms in total. The van der Waals surface area contributed by atoms with Gasteiger partial charge in [0.1, 0.15) is 0 Å². The van der Waals surface area contributed by atoms with Gasteiger partial charge in [0, 0.05) is 35.9 Å². The van der Waals surface area contributed by atoms with Crippen LogP contribution in [0.4, 0.5) is 13.2 Å². The number of nitrogens with zero attached hydrogens (tertiary/aromatic N) is 2. The first-order valence-corrected chi connectivity index (χ1v) is 5.66. The van der Waals surface area contributed by atoms with Crippen LogP contribution in [0.3, 0.4) is 0 Å². The zero-order chi connectivity index (χ0) is 12.6. The zero-order valence-electron chi connectivity index (χ0n) is 8.59. The minimum Gasteiger partial charge on any atom is -0.330 e. The minimum atomic E-state index is -4.81. The second-order valence-electron chi connectivity index (χ2n) is 3.73. The molecule has 0 bridgehead atoms. The van der Waals surface area contributed by atoms with Crippen molar-refractivity contribution in [2.45, 2.75) is 19.1 Å².